The lowest BCUT2D eigenvalue weighted by molar-refractivity contribution is 0.334. The molecule has 0 unspecified atom stereocenters. The van der Waals surface area contributed by atoms with Gasteiger partial charge in [0, 0.05) is 22.7 Å². The molecule has 0 aliphatic carbocycles. The Kier molecular flexibility index (Phi) is 5.95. The van der Waals surface area contributed by atoms with E-state index in [9.17, 15) is 8.42 Å². The number of methoxy groups -OCH3 is 1. The lowest BCUT2D eigenvalue weighted by Crippen LogP contribution is -2.16. The molecule has 0 fully saturated rings. The molecule has 0 saturated heterocycles. The van der Waals surface area contributed by atoms with Crippen LogP contribution in [-0.4, -0.2) is 33.6 Å². The molecule has 0 amide bonds. The van der Waals surface area contributed by atoms with Crippen molar-refractivity contribution in [1.82, 2.24) is 0 Å². The van der Waals surface area contributed by atoms with Crippen LogP contribution >= 0.6 is 15.9 Å². The van der Waals surface area contributed by atoms with E-state index in [-0.39, 0.29) is 18.1 Å². The minimum Gasteiger partial charge on any atom is -0.497 e. The van der Waals surface area contributed by atoms with Crippen molar-refractivity contribution in [3.05, 3.63) is 23.8 Å². The summed E-state index contributed by atoms with van der Waals surface area (Å²) < 4.78 is 33.3. The third-order valence-corrected chi connectivity index (χ3v) is 4.78. The van der Waals surface area contributed by atoms with Crippen molar-refractivity contribution in [1.29, 1.82) is 0 Å². The second kappa shape index (κ2) is 6.99. The maximum absolute atomic E-state index is 11.4. The molecular formula is C12H17BrO4S. The van der Waals surface area contributed by atoms with Crippen molar-refractivity contribution in [3.8, 4) is 11.5 Å². The number of halogens is 1. The molecule has 1 aromatic rings. The van der Waals surface area contributed by atoms with E-state index in [1.165, 1.54) is 0 Å². The topological polar surface area (TPSA) is 52.6 Å². The highest BCUT2D eigenvalue weighted by molar-refractivity contribution is 9.08. The molecule has 1 rings (SSSR count). The highest BCUT2D eigenvalue weighted by Crippen LogP contribution is 2.26. The summed E-state index contributed by atoms with van der Waals surface area (Å²) in [5.74, 6) is 1.51. The first kappa shape index (κ1) is 15.3. The Morgan fingerprint density at radius 2 is 2.06 bits per heavy atom. The molecule has 0 atom stereocenters. The van der Waals surface area contributed by atoms with Gasteiger partial charge in [0.1, 0.15) is 18.1 Å². The molecular weight excluding hydrogens is 320 g/mol. The zero-order chi connectivity index (χ0) is 13.6. The lowest BCUT2D eigenvalue weighted by atomic mass is 10.2. The molecule has 18 heavy (non-hydrogen) atoms. The van der Waals surface area contributed by atoms with Crippen LogP contribution in [0.4, 0.5) is 0 Å². The summed E-state index contributed by atoms with van der Waals surface area (Å²) in [6.45, 7) is 1.79. The van der Waals surface area contributed by atoms with Crippen LogP contribution < -0.4 is 9.47 Å². The number of sulfone groups is 1. The number of rotatable bonds is 7. The molecule has 0 bridgehead atoms. The Balaban J connectivity index is 2.71. The van der Waals surface area contributed by atoms with Gasteiger partial charge in [0.25, 0.3) is 0 Å². The minimum absolute atomic E-state index is 0.0302. The van der Waals surface area contributed by atoms with Crippen LogP contribution in [0.3, 0.4) is 0 Å². The maximum Gasteiger partial charge on any atom is 0.153 e. The molecule has 4 nitrogen and oxygen atoms in total. The van der Waals surface area contributed by atoms with Crippen LogP contribution in [0.5, 0.6) is 11.5 Å². The predicted octanol–water partition coefficient (Wildman–Crippen LogP) is 2.40. The van der Waals surface area contributed by atoms with Crippen molar-refractivity contribution >= 4 is 25.8 Å². The minimum atomic E-state index is -2.99. The standard InChI is InChI=1S/C12H17BrO4S/c1-3-18(14,15)7-6-17-12-8-11(16-2)5-4-10(12)9-13/h4-5,8H,3,6-7,9H2,1-2H3. The second-order valence-corrected chi connectivity index (χ2v) is 6.73. The van der Waals surface area contributed by atoms with Gasteiger partial charge in [-0.25, -0.2) is 8.42 Å². The van der Waals surface area contributed by atoms with Crippen molar-refractivity contribution < 1.29 is 17.9 Å². The fraction of sp³-hybridized carbons (Fsp3) is 0.500. The first-order valence-corrected chi connectivity index (χ1v) is 8.52. The SMILES string of the molecule is CCS(=O)(=O)CCOc1cc(OC)ccc1CBr. The van der Waals surface area contributed by atoms with Crippen LogP contribution in [0.25, 0.3) is 0 Å². The van der Waals surface area contributed by atoms with Gasteiger partial charge in [-0.1, -0.05) is 28.9 Å². The van der Waals surface area contributed by atoms with Gasteiger partial charge in [-0.2, -0.15) is 0 Å². The van der Waals surface area contributed by atoms with Gasteiger partial charge < -0.3 is 9.47 Å². The van der Waals surface area contributed by atoms with Crippen LogP contribution in [0, 0.1) is 0 Å². The molecule has 0 N–H and O–H groups in total. The average Bonchev–Trinajstić information content (AvgIpc) is 2.38. The Bertz CT molecular complexity index is 485. The zero-order valence-electron chi connectivity index (χ0n) is 10.5. The molecule has 0 saturated carbocycles. The molecule has 0 aliphatic rings. The molecule has 0 spiro atoms. The van der Waals surface area contributed by atoms with Gasteiger partial charge in [0.2, 0.25) is 0 Å². The van der Waals surface area contributed by atoms with Crippen molar-refractivity contribution in [2.24, 2.45) is 0 Å². The quantitative estimate of drug-likeness (QED) is 0.717. The van der Waals surface area contributed by atoms with Crippen LogP contribution in [0.1, 0.15) is 12.5 Å². The van der Waals surface area contributed by atoms with Gasteiger partial charge in [-0.15, -0.1) is 0 Å². The number of alkyl halides is 1. The van der Waals surface area contributed by atoms with E-state index >= 15 is 0 Å². The molecule has 1 aromatic carbocycles. The van der Waals surface area contributed by atoms with Gasteiger partial charge in [-0.3, -0.25) is 0 Å². The van der Waals surface area contributed by atoms with E-state index in [4.69, 9.17) is 9.47 Å². The Morgan fingerprint density at radius 1 is 1.33 bits per heavy atom. The molecule has 0 aromatic heterocycles. The van der Waals surface area contributed by atoms with Gasteiger partial charge in [0.05, 0.1) is 12.9 Å². The smallest absolute Gasteiger partial charge is 0.153 e. The van der Waals surface area contributed by atoms with Gasteiger partial charge >= 0.3 is 0 Å². The van der Waals surface area contributed by atoms with Crippen LogP contribution in [0.2, 0.25) is 0 Å². The van der Waals surface area contributed by atoms with Crippen LogP contribution in [0.15, 0.2) is 18.2 Å². The Labute approximate surface area is 116 Å². The van der Waals surface area contributed by atoms with E-state index < -0.39 is 9.84 Å². The van der Waals surface area contributed by atoms with E-state index in [2.05, 4.69) is 15.9 Å². The van der Waals surface area contributed by atoms with Gasteiger partial charge in [0.15, 0.2) is 9.84 Å². The van der Waals surface area contributed by atoms with Crippen molar-refractivity contribution in [2.75, 3.05) is 25.2 Å². The first-order valence-electron chi connectivity index (χ1n) is 5.58. The summed E-state index contributed by atoms with van der Waals surface area (Å²) in [5.41, 5.74) is 0.963. The number of hydrogen-bond donors (Lipinski definition) is 0. The summed E-state index contributed by atoms with van der Waals surface area (Å²) in [4.78, 5) is 0. The molecule has 102 valence electrons. The number of ether oxygens (including phenoxy) is 2. The maximum atomic E-state index is 11.4. The van der Waals surface area contributed by atoms with Crippen LogP contribution in [-0.2, 0) is 15.2 Å². The highest BCUT2D eigenvalue weighted by Gasteiger charge is 2.09. The molecule has 0 heterocycles. The third-order valence-electron chi connectivity index (χ3n) is 2.51. The van der Waals surface area contributed by atoms with E-state index in [1.54, 1.807) is 20.1 Å². The third kappa shape index (κ3) is 4.49. The summed E-state index contributed by atoms with van der Waals surface area (Å²) in [5, 5.41) is 0.646. The van der Waals surface area contributed by atoms with E-state index in [0.29, 0.717) is 16.8 Å². The summed E-state index contributed by atoms with van der Waals surface area (Å²) >= 11 is 3.36. The van der Waals surface area contributed by atoms with Crippen molar-refractivity contribution in [2.45, 2.75) is 12.3 Å². The molecule has 6 heteroatoms. The zero-order valence-corrected chi connectivity index (χ0v) is 12.9. The van der Waals surface area contributed by atoms with Gasteiger partial charge in [-0.05, 0) is 6.07 Å². The van der Waals surface area contributed by atoms with Crippen molar-refractivity contribution in [3.63, 3.8) is 0 Å². The summed E-state index contributed by atoms with van der Waals surface area (Å²) in [7, 11) is -1.42. The monoisotopic (exact) mass is 336 g/mol. The second-order valence-electron chi connectivity index (χ2n) is 3.69. The summed E-state index contributed by atoms with van der Waals surface area (Å²) in [6, 6.07) is 5.48. The van der Waals surface area contributed by atoms with E-state index in [1.807, 2.05) is 12.1 Å². The normalized spacial score (nSPS) is 11.3. The highest BCUT2D eigenvalue weighted by atomic mass is 79.9. The number of hydrogen-bond acceptors (Lipinski definition) is 4. The average molecular weight is 337 g/mol. The number of benzene rings is 1. The Morgan fingerprint density at radius 3 is 2.61 bits per heavy atom. The molecule has 0 aliphatic heterocycles. The first-order chi connectivity index (χ1) is 8.52. The Hall–Kier alpha value is -0.750. The lowest BCUT2D eigenvalue weighted by Gasteiger charge is -2.11. The van der Waals surface area contributed by atoms with E-state index in [0.717, 1.165) is 5.56 Å². The fourth-order valence-corrected chi connectivity index (χ4v) is 2.42. The fourth-order valence-electron chi connectivity index (χ4n) is 1.33. The molecule has 0 radical (unpaired) electrons. The largest absolute Gasteiger partial charge is 0.497 e. The summed E-state index contributed by atoms with van der Waals surface area (Å²) in [6.07, 6.45) is 0. The predicted molar refractivity (Wildman–Crippen MR) is 75.4 cm³/mol.